The summed E-state index contributed by atoms with van der Waals surface area (Å²) in [7, 11) is -3.60. The summed E-state index contributed by atoms with van der Waals surface area (Å²) in [6, 6.07) is 15.6. The van der Waals surface area contributed by atoms with Gasteiger partial charge in [-0.1, -0.05) is 24.3 Å². The maximum absolute atomic E-state index is 12.9. The van der Waals surface area contributed by atoms with E-state index in [1.54, 1.807) is 42.5 Å². The molecule has 166 valence electrons. The van der Waals surface area contributed by atoms with Crippen molar-refractivity contribution in [2.45, 2.75) is 36.7 Å². The molecule has 2 aliphatic heterocycles. The van der Waals surface area contributed by atoms with Gasteiger partial charge in [0.1, 0.15) is 12.4 Å². The molecular weight excluding hydrogens is 416 g/mol. The topological polar surface area (TPSA) is 84.9 Å². The van der Waals surface area contributed by atoms with Gasteiger partial charge < -0.3 is 14.8 Å². The first-order valence-corrected chi connectivity index (χ1v) is 12.2. The minimum absolute atomic E-state index is 0.123. The molecule has 0 aromatic heterocycles. The molecule has 0 bridgehead atoms. The lowest BCUT2D eigenvalue weighted by atomic mass is 9.98. The Balaban J connectivity index is 1.36. The number of amides is 1. The molecule has 2 atom stereocenters. The van der Waals surface area contributed by atoms with Gasteiger partial charge in [-0.15, -0.1) is 0 Å². The lowest BCUT2D eigenvalue weighted by Gasteiger charge is -2.31. The van der Waals surface area contributed by atoms with Gasteiger partial charge in [0.05, 0.1) is 16.9 Å². The molecule has 0 radical (unpaired) electrons. The first-order valence-electron chi connectivity index (χ1n) is 10.7. The second-order valence-electron chi connectivity index (χ2n) is 7.98. The van der Waals surface area contributed by atoms with Crippen LogP contribution < -0.4 is 10.1 Å². The summed E-state index contributed by atoms with van der Waals surface area (Å²) >= 11 is 0. The molecule has 1 N–H and O–H groups in total. The fourth-order valence-corrected chi connectivity index (χ4v) is 5.53. The number of rotatable bonds is 7. The highest BCUT2D eigenvalue weighted by molar-refractivity contribution is 7.89. The van der Waals surface area contributed by atoms with Crippen LogP contribution in [-0.2, 0) is 19.6 Å². The number of nitrogens with zero attached hydrogens (tertiary/aromatic N) is 1. The fraction of sp³-hybridized carbons (Fsp3) is 0.435. The lowest BCUT2D eigenvalue weighted by Crippen LogP contribution is -2.43. The second-order valence-corrected chi connectivity index (χ2v) is 9.92. The molecule has 2 aliphatic rings. The Kier molecular flexibility index (Phi) is 6.89. The van der Waals surface area contributed by atoms with Crippen LogP contribution in [0, 0.1) is 5.92 Å². The normalized spacial score (nSPS) is 22.2. The van der Waals surface area contributed by atoms with Gasteiger partial charge in [-0.25, -0.2) is 8.42 Å². The molecule has 2 heterocycles. The fourth-order valence-electron chi connectivity index (χ4n) is 3.99. The number of hydrogen-bond acceptors (Lipinski definition) is 5. The third-order valence-electron chi connectivity index (χ3n) is 5.70. The van der Waals surface area contributed by atoms with Crippen LogP contribution in [0.3, 0.4) is 0 Å². The van der Waals surface area contributed by atoms with Crippen molar-refractivity contribution < 1.29 is 22.7 Å². The molecule has 0 saturated carbocycles. The monoisotopic (exact) mass is 444 g/mol. The van der Waals surface area contributed by atoms with Crippen LogP contribution in [0.2, 0.25) is 0 Å². The molecular formula is C23H28N2O5S. The van der Waals surface area contributed by atoms with Crippen molar-refractivity contribution in [2.75, 3.05) is 31.6 Å². The molecule has 7 nitrogen and oxygen atoms in total. The summed E-state index contributed by atoms with van der Waals surface area (Å²) in [5, 5.41) is 2.92. The van der Waals surface area contributed by atoms with Crippen molar-refractivity contribution in [1.82, 2.24) is 4.31 Å². The summed E-state index contributed by atoms with van der Waals surface area (Å²) < 4.78 is 38.6. The van der Waals surface area contributed by atoms with Gasteiger partial charge in [-0.05, 0) is 49.9 Å². The number of carbonyl (C=O) groups excluding carboxylic acids is 1. The number of piperidine rings is 1. The third-order valence-corrected chi connectivity index (χ3v) is 7.58. The number of ether oxygens (including phenoxy) is 2. The summed E-state index contributed by atoms with van der Waals surface area (Å²) in [5.74, 6) is 0.0955. The zero-order valence-corrected chi connectivity index (χ0v) is 18.2. The van der Waals surface area contributed by atoms with E-state index in [2.05, 4.69) is 5.32 Å². The van der Waals surface area contributed by atoms with Crippen LogP contribution in [0.4, 0.5) is 5.69 Å². The molecule has 2 saturated heterocycles. The summed E-state index contributed by atoms with van der Waals surface area (Å²) in [4.78, 5) is 13.1. The SMILES string of the molecule is O=C(Nc1cccc(OCC2CCCO2)c1)C1CCCN(S(=O)(=O)c2ccccc2)C1. The van der Waals surface area contributed by atoms with Crippen LogP contribution in [0.25, 0.3) is 0 Å². The van der Waals surface area contributed by atoms with E-state index in [0.717, 1.165) is 19.4 Å². The predicted octanol–water partition coefficient (Wildman–Crippen LogP) is 3.28. The minimum atomic E-state index is -3.60. The van der Waals surface area contributed by atoms with Gasteiger partial charge in [-0.3, -0.25) is 4.79 Å². The molecule has 4 rings (SSSR count). The van der Waals surface area contributed by atoms with Crippen molar-refractivity contribution in [3.8, 4) is 5.75 Å². The number of nitrogens with one attached hydrogen (secondary N) is 1. The zero-order chi connectivity index (χ0) is 21.7. The molecule has 0 spiro atoms. The number of carbonyl (C=O) groups is 1. The van der Waals surface area contributed by atoms with Crippen molar-refractivity contribution >= 4 is 21.6 Å². The van der Waals surface area contributed by atoms with Gasteiger partial charge in [0, 0.05) is 31.5 Å². The summed E-state index contributed by atoms with van der Waals surface area (Å²) in [6.45, 7) is 1.88. The highest BCUT2D eigenvalue weighted by atomic mass is 32.2. The molecule has 2 aromatic rings. The minimum Gasteiger partial charge on any atom is -0.491 e. The van der Waals surface area contributed by atoms with Crippen molar-refractivity contribution in [2.24, 2.45) is 5.92 Å². The second kappa shape index (κ2) is 9.80. The Morgan fingerprint density at radius 1 is 1.10 bits per heavy atom. The number of benzene rings is 2. The van der Waals surface area contributed by atoms with Gasteiger partial charge in [0.25, 0.3) is 0 Å². The van der Waals surface area contributed by atoms with E-state index in [-0.39, 0.29) is 23.5 Å². The molecule has 0 aliphatic carbocycles. The standard InChI is InChI=1S/C23H28N2O5S/c26-23(24-19-8-4-9-20(15-19)30-17-21-10-6-14-29-21)18-7-5-13-25(16-18)31(27,28)22-11-2-1-3-12-22/h1-4,8-9,11-12,15,18,21H,5-7,10,13-14,16-17H2,(H,24,26). The molecule has 1 amide bonds. The van der Waals surface area contributed by atoms with Gasteiger partial charge in [-0.2, -0.15) is 4.31 Å². The first-order chi connectivity index (χ1) is 15.0. The average Bonchev–Trinajstić information content (AvgIpc) is 3.32. The summed E-state index contributed by atoms with van der Waals surface area (Å²) in [5.41, 5.74) is 0.637. The van der Waals surface area contributed by atoms with Crippen molar-refractivity contribution in [3.63, 3.8) is 0 Å². The molecule has 8 heteroatoms. The quantitative estimate of drug-likeness (QED) is 0.708. The molecule has 2 unspecified atom stereocenters. The van der Waals surface area contributed by atoms with Crippen LogP contribution in [0.1, 0.15) is 25.7 Å². The maximum Gasteiger partial charge on any atom is 0.243 e. The summed E-state index contributed by atoms with van der Waals surface area (Å²) in [6.07, 6.45) is 3.48. The lowest BCUT2D eigenvalue weighted by molar-refractivity contribution is -0.120. The van der Waals surface area contributed by atoms with Crippen LogP contribution >= 0.6 is 0 Å². The highest BCUT2D eigenvalue weighted by Gasteiger charge is 2.33. The zero-order valence-electron chi connectivity index (χ0n) is 17.4. The van der Waals surface area contributed by atoms with E-state index < -0.39 is 15.9 Å². The van der Waals surface area contributed by atoms with Crippen LogP contribution in [0.15, 0.2) is 59.5 Å². The maximum atomic E-state index is 12.9. The van der Waals surface area contributed by atoms with Gasteiger partial charge in [0.2, 0.25) is 15.9 Å². The molecule has 2 fully saturated rings. The Bertz CT molecular complexity index is 990. The van der Waals surface area contributed by atoms with E-state index >= 15 is 0 Å². The van der Waals surface area contributed by atoms with Crippen molar-refractivity contribution in [1.29, 1.82) is 0 Å². The van der Waals surface area contributed by atoms with Gasteiger partial charge >= 0.3 is 0 Å². The third kappa shape index (κ3) is 5.44. The highest BCUT2D eigenvalue weighted by Crippen LogP contribution is 2.26. The van der Waals surface area contributed by atoms with E-state index in [1.165, 1.54) is 4.31 Å². The van der Waals surface area contributed by atoms with Crippen LogP contribution in [-0.4, -0.2) is 51.0 Å². The number of hydrogen-bond donors (Lipinski definition) is 1. The Morgan fingerprint density at radius 3 is 2.71 bits per heavy atom. The Labute approximate surface area is 183 Å². The Hall–Kier alpha value is -2.42. The van der Waals surface area contributed by atoms with Crippen LogP contribution in [0.5, 0.6) is 5.75 Å². The first kappa shape index (κ1) is 21.8. The van der Waals surface area contributed by atoms with E-state index in [0.29, 0.717) is 37.4 Å². The molecule has 2 aromatic carbocycles. The number of sulfonamides is 1. The van der Waals surface area contributed by atoms with E-state index in [4.69, 9.17) is 9.47 Å². The smallest absolute Gasteiger partial charge is 0.243 e. The van der Waals surface area contributed by atoms with E-state index in [9.17, 15) is 13.2 Å². The van der Waals surface area contributed by atoms with Crippen molar-refractivity contribution in [3.05, 3.63) is 54.6 Å². The average molecular weight is 445 g/mol. The predicted molar refractivity (Wildman–Crippen MR) is 117 cm³/mol. The molecule has 31 heavy (non-hydrogen) atoms. The number of anilines is 1. The van der Waals surface area contributed by atoms with Gasteiger partial charge in [0.15, 0.2) is 0 Å². The van der Waals surface area contributed by atoms with E-state index in [1.807, 2.05) is 12.1 Å². The largest absolute Gasteiger partial charge is 0.491 e. The Morgan fingerprint density at radius 2 is 1.94 bits per heavy atom.